The minimum absolute atomic E-state index is 0.0114. The first-order valence-corrected chi connectivity index (χ1v) is 7.04. The van der Waals surface area contributed by atoms with E-state index in [9.17, 15) is 9.59 Å². The molecule has 0 bridgehead atoms. The monoisotopic (exact) mass is 290 g/mol. The number of nitrogens with zero attached hydrogens (tertiary/aromatic N) is 3. The highest BCUT2D eigenvalue weighted by Gasteiger charge is 2.37. The Kier molecular flexibility index (Phi) is 3.40. The Bertz CT molecular complexity index is 577. The second kappa shape index (κ2) is 5.23. The molecule has 1 unspecified atom stereocenters. The van der Waals surface area contributed by atoms with Crippen LogP contribution in [-0.2, 0) is 11.2 Å². The number of urea groups is 1. The Morgan fingerprint density at radius 2 is 2.38 bits per heavy atom. The van der Waals surface area contributed by atoms with Gasteiger partial charge in [0.2, 0.25) is 0 Å². The van der Waals surface area contributed by atoms with E-state index in [-0.39, 0.29) is 18.2 Å². The molecule has 3 rings (SSSR count). The van der Waals surface area contributed by atoms with Crippen molar-refractivity contribution < 1.29 is 14.3 Å². The Morgan fingerprint density at radius 3 is 3.05 bits per heavy atom. The van der Waals surface area contributed by atoms with Crippen molar-refractivity contribution in [1.29, 1.82) is 0 Å². The summed E-state index contributed by atoms with van der Waals surface area (Å²) in [5, 5.41) is 0. The number of amides is 3. The van der Waals surface area contributed by atoms with Crippen LogP contribution in [0.3, 0.4) is 0 Å². The lowest BCUT2D eigenvalue weighted by Gasteiger charge is -2.37. The van der Waals surface area contributed by atoms with Gasteiger partial charge in [-0.15, -0.1) is 0 Å². The van der Waals surface area contributed by atoms with Gasteiger partial charge < -0.3 is 15.4 Å². The maximum atomic E-state index is 11.8. The summed E-state index contributed by atoms with van der Waals surface area (Å²) in [6, 6.07) is 3.09. The predicted octanol–water partition coefficient (Wildman–Crippen LogP) is 1.12. The third-order valence-electron chi connectivity index (χ3n) is 4.07. The van der Waals surface area contributed by atoms with Gasteiger partial charge in [-0.3, -0.25) is 4.90 Å². The molecule has 0 aromatic carbocycles. The zero-order chi connectivity index (χ0) is 15.0. The van der Waals surface area contributed by atoms with Gasteiger partial charge in [0.05, 0.1) is 12.1 Å². The minimum Gasteiger partial charge on any atom is -0.447 e. The zero-order valence-corrected chi connectivity index (χ0v) is 11.9. The van der Waals surface area contributed by atoms with Gasteiger partial charge in [0.25, 0.3) is 0 Å². The molecule has 3 heterocycles. The number of cyclic esters (lactones) is 1. The van der Waals surface area contributed by atoms with E-state index in [1.165, 1.54) is 4.90 Å². The van der Waals surface area contributed by atoms with Crippen molar-refractivity contribution in [1.82, 2.24) is 9.88 Å². The average Bonchev–Trinajstić information content (AvgIpc) is 2.78. The van der Waals surface area contributed by atoms with Gasteiger partial charge in [-0.05, 0) is 31.4 Å². The van der Waals surface area contributed by atoms with Gasteiger partial charge in [-0.2, -0.15) is 0 Å². The molecule has 2 atom stereocenters. The van der Waals surface area contributed by atoms with Crippen molar-refractivity contribution in [3.05, 3.63) is 23.9 Å². The molecule has 21 heavy (non-hydrogen) atoms. The number of anilines is 1. The smallest absolute Gasteiger partial charge is 0.410 e. The van der Waals surface area contributed by atoms with E-state index in [2.05, 4.69) is 4.98 Å². The van der Waals surface area contributed by atoms with Crippen LogP contribution in [0.1, 0.15) is 18.9 Å². The molecule has 3 amide bonds. The van der Waals surface area contributed by atoms with Crippen molar-refractivity contribution in [2.45, 2.75) is 31.8 Å². The SMILES string of the molecule is C[C@H]1COC(=O)N1CC1CCc2cccnc2N1C(N)=O. The molecule has 0 aliphatic carbocycles. The fourth-order valence-corrected chi connectivity index (χ4v) is 2.95. The van der Waals surface area contributed by atoms with E-state index < -0.39 is 6.03 Å². The van der Waals surface area contributed by atoms with Gasteiger partial charge in [0.15, 0.2) is 0 Å². The van der Waals surface area contributed by atoms with Crippen LogP contribution in [0.5, 0.6) is 0 Å². The molecule has 0 saturated carbocycles. The largest absolute Gasteiger partial charge is 0.447 e. The summed E-state index contributed by atoms with van der Waals surface area (Å²) in [6.45, 7) is 2.73. The molecular formula is C14H18N4O3. The van der Waals surface area contributed by atoms with Crippen LogP contribution in [0.15, 0.2) is 18.3 Å². The van der Waals surface area contributed by atoms with Crippen LogP contribution in [0, 0.1) is 0 Å². The first-order valence-electron chi connectivity index (χ1n) is 7.04. The van der Waals surface area contributed by atoms with E-state index in [1.807, 2.05) is 19.1 Å². The summed E-state index contributed by atoms with van der Waals surface area (Å²) >= 11 is 0. The third-order valence-corrected chi connectivity index (χ3v) is 4.07. The normalized spacial score (nSPS) is 24.7. The second-order valence-electron chi connectivity index (χ2n) is 5.47. The highest BCUT2D eigenvalue weighted by Crippen LogP contribution is 2.29. The number of aromatic nitrogens is 1. The van der Waals surface area contributed by atoms with Gasteiger partial charge >= 0.3 is 12.1 Å². The third kappa shape index (κ3) is 2.39. The fraction of sp³-hybridized carbons (Fsp3) is 0.500. The number of aryl methyl sites for hydroxylation is 1. The van der Waals surface area contributed by atoms with Crippen LogP contribution in [0.4, 0.5) is 15.4 Å². The number of fused-ring (bicyclic) bond motifs is 1. The molecule has 1 fully saturated rings. The summed E-state index contributed by atoms with van der Waals surface area (Å²) in [6.07, 6.45) is 2.87. The van der Waals surface area contributed by atoms with E-state index in [1.54, 1.807) is 11.1 Å². The topological polar surface area (TPSA) is 88.8 Å². The quantitative estimate of drug-likeness (QED) is 0.884. The Balaban J connectivity index is 1.86. The molecule has 0 spiro atoms. The molecule has 1 aromatic rings. The zero-order valence-electron chi connectivity index (χ0n) is 11.9. The molecule has 7 heteroatoms. The average molecular weight is 290 g/mol. The summed E-state index contributed by atoms with van der Waals surface area (Å²) in [5.41, 5.74) is 6.53. The van der Waals surface area contributed by atoms with E-state index in [4.69, 9.17) is 10.5 Å². The molecular weight excluding hydrogens is 272 g/mol. The number of hydrogen-bond donors (Lipinski definition) is 1. The molecule has 0 radical (unpaired) electrons. The van der Waals surface area contributed by atoms with Crippen molar-refractivity contribution in [3.63, 3.8) is 0 Å². The lowest BCUT2D eigenvalue weighted by atomic mass is 9.98. The molecule has 2 aliphatic heterocycles. The fourth-order valence-electron chi connectivity index (χ4n) is 2.95. The summed E-state index contributed by atoms with van der Waals surface area (Å²) in [7, 11) is 0. The molecule has 7 nitrogen and oxygen atoms in total. The number of hydrogen-bond acceptors (Lipinski definition) is 4. The van der Waals surface area contributed by atoms with Crippen molar-refractivity contribution in [2.75, 3.05) is 18.1 Å². The van der Waals surface area contributed by atoms with Crippen LogP contribution < -0.4 is 10.6 Å². The Morgan fingerprint density at radius 1 is 1.57 bits per heavy atom. The highest BCUT2D eigenvalue weighted by molar-refractivity contribution is 5.91. The van der Waals surface area contributed by atoms with Gasteiger partial charge in [-0.25, -0.2) is 14.6 Å². The lowest BCUT2D eigenvalue weighted by molar-refractivity contribution is 0.155. The van der Waals surface area contributed by atoms with E-state index in [0.717, 1.165) is 18.4 Å². The van der Waals surface area contributed by atoms with Gasteiger partial charge in [-0.1, -0.05) is 6.07 Å². The predicted molar refractivity (Wildman–Crippen MR) is 75.9 cm³/mol. The molecule has 1 aromatic heterocycles. The molecule has 2 N–H and O–H groups in total. The van der Waals surface area contributed by atoms with Crippen molar-refractivity contribution in [3.8, 4) is 0 Å². The number of primary amides is 1. The van der Waals surface area contributed by atoms with Crippen LogP contribution in [-0.4, -0.2) is 47.2 Å². The van der Waals surface area contributed by atoms with Crippen LogP contribution in [0.2, 0.25) is 0 Å². The van der Waals surface area contributed by atoms with Crippen LogP contribution in [0.25, 0.3) is 0 Å². The number of rotatable bonds is 2. The maximum absolute atomic E-state index is 11.8. The highest BCUT2D eigenvalue weighted by atomic mass is 16.6. The van der Waals surface area contributed by atoms with Gasteiger partial charge in [0, 0.05) is 12.7 Å². The Labute approximate surface area is 122 Å². The standard InChI is InChI=1S/C14H18N4O3/c1-9-8-21-14(20)17(9)7-11-5-4-10-3-2-6-16-12(10)18(11)13(15)19/h2-3,6,9,11H,4-5,7-8H2,1H3,(H2,15,19)/t9-,11?/m0/s1. The molecule has 2 aliphatic rings. The number of carbonyl (C=O) groups excluding carboxylic acids is 2. The van der Waals surface area contributed by atoms with E-state index >= 15 is 0 Å². The summed E-state index contributed by atoms with van der Waals surface area (Å²) in [5.74, 6) is 0.599. The molecule has 1 saturated heterocycles. The minimum atomic E-state index is -0.542. The number of pyridine rings is 1. The van der Waals surface area contributed by atoms with Crippen molar-refractivity contribution >= 4 is 17.9 Å². The number of ether oxygens (including phenoxy) is 1. The first-order chi connectivity index (χ1) is 10.1. The Hall–Kier alpha value is -2.31. The van der Waals surface area contributed by atoms with Gasteiger partial charge in [0.1, 0.15) is 12.4 Å². The molecule has 112 valence electrons. The van der Waals surface area contributed by atoms with E-state index in [0.29, 0.717) is 19.0 Å². The second-order valence-corrected chi connectivity index (χ2v) is 5.47. The summed E-state index contributed by atoms with van der Waals surface area (Å²) in [4.78, 5) is 31.0. The summed E-state index contributed by atoms with van der Waals surface area (Å²) < 4.78 is 5.02. The lowest BCUT2D eigenvalue weighted by Crippen LogP contribution is -2.53. The number of carbonyl (C=O) groups is 2. The maximum Gasteiger partial charge on any atom is 0.410 e. The van der Waals surface area contributed by atoms with Crippen LogP contribution >= 0.6 is 0 Å². The van der Waals surface area contributed by atoms with Crippen molar-refractivity contribution in [2.24, 2.45) is 5.73 Å². The first kappa shape index (κ1) is 13.7. The number of nitrogens with two attached hydrogens (primary N) is 1.